The molecule has 3 amide bonds. The lowest BCUT2D eigenvalue weighted by atomic mass is 10.2. The fourth-order valence-corrected chi connectivity index (χ4v) is 7.64. The van der Waals surface area contributed by atoms with Crippen LogP contribution in [0.15, 0.2) is 30.3 Å². The van der Waals surface area contributed by atoms with Gasteiger partial charge >= 0.3 is 13.7 Å². The van der Waals surface area contributed by atoms with Gasteiger partial charge in [-0.1, -0.05) is 68.4 Å². The summed E-state index contributed by atoms with van der Waals surface area (Å²) in [5, 5.41) is 4.20. The van der Waals surface area contributed by atoms with Crippen LogP contribution in [0.25, 0.3) is 10.6 Å². The zero-order valence-corrected chi connectivity index (χ0v) is 28.9. The summed E-state index contributed by atoms with van der Waals surface area (Å²) in [6.07, 6.45) is 2.88. The van der Waals surface area contributed by atoms with Crippen LogP contribution >= 0.6 is 18.9 Å². The van der Waals surface area contributed by atoms with Gasteiger partial charge in [0.25, 0.3) is 5.91 Å². The van der Waals surface area contributed by atoms with Gasteiger partial charge in [-0.15, -0.1) is 0 Å². The predicted molar refractivity (Wildman–Crippen MR) is 177 cm³/mol. The second-order valence-corrected chi connectivity index (χ2v) is 13.8. The monoisotopic (exact) mass is 665 g/mol. The molecule has 1 unspecified atom stereocenters. The zero-order chi connectivity index (χ0) is 32.8. The van der Waals surface area contributed by atoms with E-state index in [-0.39, 0.29) is 51.2 Å². The average Bonchev–Trinajstić information content (AvgIpc) is 3.50. The van der Waals surface area contributed by atoms with Crippen LogP contribution in [0.4, 0.5) is 9.80 Å². The molecule has 2 aromatic rings. The Labute approximate surface area is 270 Å². The Morgan fingerprint density at radius 2 is 1.60 bits per heavy atom. The summed E-state index contributed by atoms with van der Waals surface area (Å²) in [5.41, 5.74) is 1.07. The van der Waals surface area contributed by atoms with E-state index in [0.29, 0.717) is 16.6 Å². The molecule has 1 fully saturated rings. The van der Waals surface area contributed by atoms with Crippen LogP contribution < -0.4 is 10.2 Å². The number of unbranched alkanes of at least 4 members (excludes halogenated alkanes) is 2. The van der Waals surface area contributed by atoms with Gasteiger partial charge in [-0.25, -0.2) is 9.78 Å². The molecule has 1 saturated heterocycles. The minimum absolute atomic E-state index is 0.115. The van der Waals surface area contributed by atoms with E-state index in [1.165, 1.54) is 11.3 Å². The van der Waals surface area contributed by atoms with Gasteiger partial charge in [0.2, 0.25) is 5.91 Å². The van der Waals surface area contributed by atoms with E-state index in [1.807, 2.05) is 49.2 Å². The van der Waals surface area contributed by atoms with Gasteiger partial charge in [0, 0.05) is 45.3 Å². The van der Waals surface area contributed by atoms with Crippen LogP contribution in [0.3, 0.4) is 0 Å². The number of nitrogens with zero attached hydrogens (tertiary/aromatic N) is 4. The summed E-state index contributed by atoms with van der Waals surface area (Å²) in [6, 6.07) is 8.40. The maximum atomic E-state index is 13.9. The summed E-state index contributed by atoms with van der Waals surface area (Å²) < 4.78 is 30.0. The highest BCUT2D eigenvalue weighted by atomic mass is 32.1. The predicted octanol–water partition coefficient (Wildman–Crippen LogP) is 5.49. The first-order valence-corrected chi connectivity index (χ1v) is 18.4. The molecule has 0 saturated carbocycles. The Bertz CT molecular complexity index is 1280. The molecule has 1 aromatic heterocycles. The number of carbonyl (C=O) groups is 3. The molecule has 14 heteroatoms. The highest BCUT2D eigenvalue weighted by Crippen LogP contribution is 2.48. The average molecular weight is 666 g/mol. The standard InChI is InChI=1S/C31H48N5O7PS/c1-6-10-17-34(5)30-26(33-28(45-30)24-15-13-12-14-16-24)27(37)32-25(23-44(40,42-8-3)43-9-4)29(38)35-18-20-36(21-19-35)31(39)41-22-11-7-2/h12-16,25H,6-11,17-23H2,1-5H3,(H,32,37). The molecule has 0 bridgehead atoms. The fourth-order valence-electron chi connectivity index (χ4n) is 4.82. The molecule has 0 radical (unpaired) electrons. The van der Waals surface area contributed by atoms with Gasteiger partial charge in [-0.2, -0.15) is 0 Å². The van der Waals surface area contributed by atoms with Gasteiger partial charge in [-0.05, 0) is 26.7 Å². The van der Waals surface area contributed by atoms with Crippen LogP contribution in [0.2, 0.25) is 0 Å². The molecule has 1 N–H and O–H groups in total. The summed E-state index contributed by atoms with van der Waals surface area (Å²) in [7, 11) is -1.82. The maximum absolute atomic E-state index is 13.9. The highest BCUT2D eigenvalue weighted by molar-refractivity contribution is 7.54. The second kappa shape index (κ2) is 18.2. The van der Waals surface area contributed by atoms with Crippen molar-refractivity contribution in [1.82, 2.24) is 20.1 Å². The smallest absolute Gasteiger partial charge is 0.409 e. The number of aromatic nitrogens is 1. The van der Waals surface area contributed by atoms with Crippen LogP contribution in [-0.4, -0.2) is 104 Å². The van der Waals surface area contributed by atoms with Crippen molar-refractivity contribution >= 4 is 41.8 Å². The minimum Gasteiger partial charge on any atom is -0.449 e. The number of carbonyl (C=O) groups excluding carboxylic acids is 3. The van der Waals surface area contributed by atoms with Gasteiger partial charge < -0.3 is 33.8 Å². The van der Waals surface area contributed by atoms with Gasteiger partial charge in [0.1, 0.15) is 16.1 Å². The third kappa shape index (κ3) is 10.5. The largest absolute Gasteiger partial charge is 0.449 e. The Morgan fingerprint density at radius 3 is 2.20 bits per heavy atom. The van der Waals surface area contributed by atoms with Crippen LogP contribution in [0.1, 0.15) is 63.9 Å². The molecule has 45 heavy (non-hydrogen) atoms. The number of hydrogen-bond acceptors (Lipinski definition) is 10. The van der Waals surface area contributed by atoms with Gasteiger partial charge in [-0.3, -0.25) is 14.2 Å². The van der Waals surface area contributed by atoms with E-state index in [1.54, 1.807) is 23.6 Å². The minimum atomic E-state index is -3.74. The number of rotatable bonds is 17. The van der Waals surface area contributed by atoms with Crippen molar-refractivity contribution in [3.8, 4) is 10.6 Å². The van der Waals surface area contributed by atoms with Crippen molar-refractivity contribution < 1.29 is 32.7 Å². The van der Waals surface area contributed by atoms with E-state index in [4.69, 9.17) is 18.8 Å². The number of thiazole rings is 1. The number of ether oxygens (including phenoxy) is 1. The van der Waals surface area contributed by atoms with Gasteiger partial charge in [0.05, 0.1) is 26.0 Å². The molecule has 0 aliphatic carbocycles. The lowest BCUT2D eigenvalue weighted by Gasteiger charge is -2.36. The fraction of sp³-hybridized carbons (Fsp3) is 0.613. The number of piperazine rings is 1. The molecule has 1 aliphatic heterocycles. The van der Waals surface area contributed by atoms with E-state index in [9.17, 15) is 18.9 Å². The SMILES string of the molecule is CCCCOC(=O)N1CCN(C(=O)C(CP(=O)(OCC)OCC)NC(=O)c2nc(-c3ccccc3)sc2N(C)CCCC)CC1. The Morgan fingerprint density at radius 1 is 0.978 bits per heavy atom. The zero-order valence-electron chi connectivity index (χ0n) is 27.2. The molecule has 250 valence electrons. The van der Waals surface area contributed by atoms with Crippen molar-refractivity contribution in [3.63, 3.8) is 0 Å². The van der Waals surface area contributed by atoms with E-state index in [0.717, 1.165) is 37.8 Å². The lowest BCUT2D eigenvalue weighted by Crippen LogP contribution is -2.57. The van der Waals surface area contributed by atoms with Gasteiger partial charge in [0.15, 0.2) is 5.69 Å². The Hall–Kier alpha value is -2.99. The number of amides is 3. The molecule has 3 rings (SSSR count). The lowest BCUT2D eigenvalue weighted by molar-refractivity contribution is -0.134. The molecule has 12 nitrogen and oxygen atoms in total. The summed E-state index contributed by atoms with van der Waals surface area (Å²) in [6.45, 7) is 9.86. The number of hydrogen-bond donors (Lipinski definition) is 1. The number of benzene rings is 1. The molecular formula is C31H48N5O7PS. The Balaban J connectivity index is 1.87. The summed E-state index contributed by atoms with van der Waals surface area (Å²) in [4.78, 5) is 50.2. The quantitative estimate of drug-likeness (QED) is 0.172. The first-order chi connectivity index (χ1) is 21.7. The maximum Gasteiger partial charge on any atom is 0.409 e. The number of nitrogens with one attached hydrogen (secondary N) is 1. The topological polar surface area (TPSA) is 131 Å². The third-order valence-corrected chi connectivity index (χ3v) is 10.6. The third-order valence-electron chi connectivity index (χ3n) is 7.27. The molecule has 1 aromatic carbocycles. The Kier molecular flexibility index (Phi) is 14.8. The molecule has 1 aliphatic rings. The van der Waals surface area contributed by atoms with E-state index < -0.39 is 31.5 Å². The first kappa shape index (κ1) is 36.5. The van der Waals surface area contributed by atoms with E-state index in [2.05, 4.69) is 12.2 Å². The summed E-state index contributed by atoms with van der Waals surface area (Å²) in [5.74, 6) is -0.982. The second-order valence-electron chi connectivity index (χ2n) is 10.7. The van der Waals surface area contributed by atoms with E-state index >= 15 is 0 Å². The van der Waals surface area contributed by atoms with Crippen molar-refractivity contribution in [2.75, 3.05) is 70.7 Å². The highest BCUT2D eigenvalue weighted by Gasteiger charge is 2.38. The molecule has 0 spiro atoms. The molecular weight excluding hydrogens is 617 g/mol. The summed E-state index contributed by atoms with van der Waals surface area (Å²) >= 11 is 1.41. The van der Waals surface area contributed by atoms with Crippen LogP contribution in [0.5, 0.6) is 0 Å². The number of anilines is 1. The first-order valence-electron chi connectivity index (χ1n) is 15.8. The van der Waals surface area contributed by atoms with Crippen LogP contribution in [-0.2, 0) is 23.1 Å². The van der Waals surface area contributed by atoms with Crippen molar-refractivity contribution in [3.05, 3.63) is 36.0 Å². The van der Waals surface area contributed by atoms with Crippen molar-refractivity contribution in [2.45, 2.75) is 59.4 Å². The van der Waals surface area contributed by atoms with Crippen molar-refractivity contribution in [1.29, 1.82) is 0 Å². The van der Waals surface area contributed by atoms with Crippen LogP contribution in [0, 0.1) is 0 Å². The molecule has 2 heterocycles. The van der Waals surface area contributed by atoms with Crippen molar-refractivity contribution in [2.24, 2.45) is 0 Å². The normalized spacial score (nSPS) is 14.2. The molecule has 1 atom stereocenters.